The minimum absolute atomic E-state index is 0.0400. The maximum Gasteiger partial charge on any atom is 0.306 e. The summed E-state index contributed by atoms with van der Waals surface area (Å²) in [5.41, 5.74) is 4.95. The predicted molar refractivity (Wildman–Crippen MR) is 354 cm³/mol. The van der Waals surface area contributed by atoms with Crippen molar-refractivity contribution in [3.05, 3.63) is 23.3 Å². The van der Waals surface area contributed by atoms with E-state index in [0.29, 0.717) is 34.5 Å². The van der Waals surface area contributed by atoms with Crippen LogP contribution in [0.15, 0.2) is 23.3 Å². The van der Waals surface area contributed by atoms with E-state index >= 15 is 0 Å². The molecule has 0 aliphatic heterocycles. The lowest BCUT2D eigenvalue weighted by molar-refractivity contribution is -0.152. The van der Waals surface area contributed by atoms with Gasteiger partial charge in [0.2, 0.25) is 0 Å². The molecule has 4 heteroatoms. The molecule has 0 bridgehead atoms. The van der Waals surface area contributed by atoms with Crippen LogP contribution in [0.4, 0.5) is 0 Å². The molecule has 0 aromatic heterocycles. The molecule has 16 atom stereocenters. The molecule has 8 aliphatic rings. The number of hydrogen-bond acceptors (Lipinski definition) is 4. The lowest BCUT2D eigenvalue weighted by Crippen LogP contribution is -2.51. The molecule has 0 radical (unpaired) electrons. The van der Waals surface area contributed by atoms with Crippen LogP contribution in [0.25, 0.3) is 0 Å². The lowest BCUT2D eigenvalue weighted by Gasteiger charge is -2.58. The molecule has 0 aromatic rings. The minimum atomic E-state index is 0.0400. The maximum atomic E-state index is 13.0. The quantitative estimate of drug-likeness (QED) is 0.0292. The number of fused-ring (bicyclic) bond motifs is 10. The average molecular weight is 1160 g/mol. The number of carbonyl (C=O) groups excluding carboxylic acids is 2. The summed E-state index contributed by atoms with van der Waals surface area (Å²) in [7, 11) is 0. The molecule has 0 amide bonds. The van der Waals surface area contributed by atoms with Crippen molar-refractivity contribution in [2.24, 2.45) is 92.7 Å². The Kier molecular flexibility index (Phi) is 26.0. The van der Waals surface area contributed by atoms with E-state index in [9.17, 15) is 9.59 Å². The van der Waals surface area contributed by atoms with Crippen molar-refractivity contribution in [1.29, 1.82) is 0 Å². The summed E-state index contributed by atoms with van der Waals surface area (Å²) in [4.78, 5) is 26.0. The minimum Gasteiger partial charge on any atom is -0.462 e. The summed E-state index contributed by atoms with van der Waals surface area (Å²) in [6, 6.07) is 0. The Bertz CT molecular complexity index is 2090. The highest BCUT2D eigenvalue weighted by Crippen LogP contribution is 2.69. The first kappa shape index (κ1) is 67.5. The van der Waals surface area contributed by atoms with E-state index in [0.717, 1.165) is 135 Å². The maximum absolute atomic E-state index is 13.0. The molecule has 0 saturated heterocycles. The van der Waals surface area contributed by atoms with E-state index in [4.69, 9.17) is 9.47 Å². The van der Waals surface area contributed by atoms with Crippen LogP contribution in [0, 0.1) is 116 Å². The van der Waals surface area contributed by atoms with Gasteiger partial charge in [0.25, 0.3) is 0 Å². The van der Waals surface area contributed by atoms with E-state index in [-0.39, 0.29) is 24.1 Å². The molecule has 0 heterocycles. The normalized spacial score (nSPS) is 34.7. The van der Waals surface area contributed by atoms with E-state index < -0.39 is 0 Å². The summed E-state index contributed by atoms with van der Waals surface area (Å²) in [6.07, 6.45) is 56.5. The van der Waals surface area contributed by atoms with E-state index in [1.165, 1.54) is 193 Å². The first-order valence-electron chi connectivity index (χ1n) is 37.2. The molecule has 0 N–H and O–H groups in total. The fourth-order valence-electron chi connectivity index (χ4n) is 21.3. The van der Waals surface area contributed by atoms with E-state index in [1.807, 2.05) is 0 Å². The molecule has 4 nitrogen and oxygen atoms in total. The molecular formula is C80H130O4. The molecule has 2 unspecified atom stereocenters. The second-order valence-electron chi connectivity index (χ2n) is 32.5. The summed E-state index contributed by atoms with van der Waals surface area (Å²) in [5.74, 6) is 23.2. The van der Waals surface area contributed by atoms with Gasteiger partial charge in [-0.3, -0.25) is 9.59 Å². The van der Waals surface area contributed by atoms with Crippen LogP contribution in [-0.4, -0.2) is 24.1 Å². The highest BCUT2D eigenvalue weighted by atomic mass is 16.5. The van der Waals surface area contributed by atoms with Crippen molar-refractivity contribution < 1.29 is 19.1 Å². The molecule has 6 fully saturated rings. The van der Waals surface area contributed by atoms with Gasteiger partial charge in [0.15, 0.2) is 0 Å². The SMILES string of the molecule is CC(C)CCC[C@@H](C)[C@H]1CC[C@H]2[C@@H]3CC=C4CC(OC(=O)CCCCCCCCCCC#CC#CCCCCCCCCCCC(=O)OC5CC[C@@]6(C)C(=CC[C@H]7[C@@H]8CC[C@H]([C@H](C)CCCC(C)C)[C@@]8(C)CC[C@@H]76)C5)CC[C@]4(C)[C@H]3CC[C@]12C. The Morgan fingerprint density at radius 2 is 0.810 bits per heavy atom. The van der Waals surface area contributed by atoms with Crippen molar-refractivity contribution in [1.82, 2.24) is 0 Å². The molecular weight excluding hydrogens is 1020 g/mol. The van der Waals surface area contributed by atoms with Gasteiger partial charge in [-0.25, -0.2) is 0 Å². The second kappa shape index (κ2) is 32.3. The van der Waals surface area contributed by atoms with Gasteiger partial charge in [-0.1, -0.05) is 220 Å². The predicted octanol–water partition coefficient (Wildman–Crippen LogP) is 22.7. The number of carbonyl (C=O) groups is 2. The third kappa shape index (κ3) is 17.3. The number of ether oxygens (including phenoxy) is 2. The van der Waals surface area contributed by atoms with Gasteiger partial charge in [-0.05, 0) is 220 Å². The monoisotopic (exact) mass is 1150 g/mol. The van der Waals surface area contributed by atoms with Gasteiger partial charge in [-0.15, -0.1) is 0 Å². The Morgan fingerprint density at radius 3 is 1.19 bits per heavy atom. The topological polar surface area (TPSA) is 52.6 Å². The van der Waals surface area contributed by atoms with Crippen molar-refractivity contribution in [2.45, 2.75) is 351 Å². The lowest BCUT2D eigenvalue weighted by atomic mass is 9.47. The number of hydrogen-bond donors (Lipinski definition) is 0. The molecule has 8 rings (SSSR count). The molecule has 0 spiro atoms. The number of unbranched alkanes of at least 4 members (excludes halogenated alkanes) is 16. The van der Waals surface area contributed by atoms with Crippen LogP contribution in [-0.2, 0) is 19.1 Å². The van der Waals surface area contributed by atoms with Crippen molar-refractivity contribution >= 4 is 11.9 Å². The van der Waals surface area contributed by atoms with Gasteiger partial charge in [0, 0.05) is 38.5 Å². The standard InChI is InChI=1S/C80H130O4/c1-59(2)35-33-37-61(5)69-45-47-71-67-43-41-63-57-65(49-53-77(63,7)73(67)51-55-79(69,71)9)83-75(81)39-31-29-27-25-23-21-19-17-15-13-11-12-14-16-18-20-22-24-26-28-30-32-40-76(82)84-66-50-54-78(8)64(58-66)42-44-68-72-48-46-70(62(6)38-34-36-60(3)4)80(72,10)56-52-74(68)78/h41-42,59-62,65-74H,15-40,43-58H2,1-10H3/t61-,62-,65?,66?,67+,68+,69-,70-,71+,72+,73+,74+,77+,78+,79-,80-/m1/s1. The smallest absolute Gasteiger partial charge is 0.306 e. The summed E-state index contributed by atoms with van der Waals surface area (Å²) >= 11 is 0. The zero-order valence-electron chi connectivity index (χ0n) is 56.6. The number of esters is 2. The number of rotatable bonds is 32. The largest absolute Gasteiger partial charge is 0.462 e. The van der Waals surface area contributed by atoms with Crippen molar-refractivity contribution in [3.8, 4) is 23.7 Å². The zero-order valence-corrected chi connectivity index (χ0v) is 56.6. The van der Waals surface area contributed by atoms with E-state index in [1.54, 1.807) is 11.1 Å². The van der Waals surface area contributed by atoms with Gasteiger partial charge in [0.1, 0.15) is 12.2 Å². The highest BCUT2D eigenvalue weighted by Gasteiger charge is 2.61. The average Bonchev–Trinajstić information content (AvgIpc) is 1.41. The van der Waals surface area contributed by atoms with Gasteiger partial charge in [0.05, 0.1) is 0 Å². The second-order valence-corrected chi connectivity index (χ2v) is 32.5. The van der Waals surface area contributed by atoms with Crippen LogP contribution in [0.5, 0.6) is 0 Å². The number of allylic oxidation sites excluding steroid dienone is 2. The third-order valence-electron chi connectivity index (χ3n) is 26.2. The molecule has 0 aromatic carbocycles. The molecule has 6 saturated carbocycles. The summed E-state index contributed by atoms with van der Waals surface area (Å²) < 4.78 is 12.4. The van der Waals surface area contributed by atoms with Crippen LogP contribution >= 0.6 is 0 Å². The van der Waals surface area contributed by atoms with Gasteiger partial charge in [-0.2, -0.15) is 0 Å². The van der Waals surface area contributed by atoms with Gasteiger partial charge < -0.3 is 9.47 Å². The van der Waals surface area contributed by atoms with Crippen molar-refractivity contribution in [3.63, 3.8) is 0 Å². The Balaban J connectivity index is 0.573. The summed E-state index contributed by atoms with van der Waals surface area (Å²) in [5, 5.41) is 0. The zero-order chi connectivity index (χ0) is 59.7. The third-order valence-corrected chi connectivity index (χ3v) is 26.2. The van der Waals surface area contributed by atoms with Crippen LogP contribution in [0.1, 0.15) is 339 Å². The Morgan fingerprint density at radius 1 is 0.440 bits per heavy atom. The first-order chi connectivity index (χ1) is 40.5. The summed E-state index contributed by atoms with van der Waals surface area (Å²) in [6.45, 7) is 25.3. The molecule has 8 aliphatic carbocycles. The van der Waals surface area contributed by atoms with Crippen LogP contribution in [0.2, 0.25) is 0 Å². The van der Waals surface area contributed by atoms with Crippen LogP contribution < -0.4 is 0 Å². The Labute approximate surface area is 519 Å². The van der Waals surface area contributed by atoms with E-state index in [2.05, 4.69) is 105 Å². The molecule has 474 valence electrons. The van der Waals surface area contributed by atoms with Gasteiger partial charge >= 0.3 is 11.9 Å². The Hall–Kier alpha value is -2.46. The fraction of sp³-hybridized carbons (Fsp3) is 0.875. The van der Waals surface area contributed by atoms with Crippen molar-refractivity contribution in [2.75, 3.05) is 0 Å². The van der Waals surface area contributed by atoms with Crippen LogP contribution in [0.3, 0.4) is 0 Å². The fourth-order valence-corrected chi connectivity index (χ4v) is 21.3. The highest BCUT2D eigenvalue weighted by molar-refractivity contribution is 5.70. The first-order valence-corrected chi connectivity index (χ1v) is 37.2. The molecule has 84 heavy (non-hydrogen) atoms.